The van der Waals surface area contributed by atoms with Crippen molar-refractivity contribution in [2.45, 2.75) is 12.8 Å². The third-order valence-electron chi connectivity index (χ3n) is 6.10. The molecule has 5 rings (SSSR count). The van der Waals surface area contributed by atoms with Crippen molar-refractivity contribution in [1.29, 1.82) is 0 Å². The number of para-hydroxylation sites is 1. The molecule has 0 atom stereocenters. The molecule has 5 aromatic rings. The zero-order chi connectivity index (χ0) is 30.0. The highest BCUT2D eigenvalue weighted by Gasteiger charge is 2.31. The van der Waals surface area contributed by atoms with E-state index >= 15 is 0 Å². The SMILES string of the molecule is O=c1c2ccccc2nc(-c2cccc(C(F)(F)F)c2)n1N=Cc1cc(Br)c(OCc2ccccc2Cl)c([N+](=O)[O-])c1. The molecule has 0 aliphatic heterocycles. The van der Waals surface area contributed by atoms with E-state index in [4.69, 9.17) is 16.3 Å². The molecule has 0 amide bonds. The smallest absolute Gasteiger partial charge is 0.416 e. The predicted molar refractivity (Wildman–Crippen MR) is 156 cm³/mol. The van der Waals surface area contributed by atoms with Crippen molar-refractivity contribution in [3.05, 3.63) is 132 Å². The fourth-order valence-corrected chi connectivity index (χ4v) is 4.87. The van der Waals surface area contributed by atoms with E-state index in [9.17, 15) is 28.1 Å². The van der Waals surface area contributed by atoms with E-state index in [-0.39, 0.29) is 50.4 Å². The lowest BCUT2D eigenvalue weighted by Gasteiger charge is -2.12. The summed E-state index contributed by atoms with van der Waals surface area (Å²) < 4.78 is 47.1. The molecule has 212 valence electrons. The van der Waals surface area contributed by atoms with Gasteiger partial charge in [0.15, 0.2) is 5.82 Å². The van der Waals surface area contributed by atoms with Crippen molar-refractivity contribution < 1.29 is 22.8 Å². The van der Waals surface area contributed by atoms with Crippen LogP contribution >= 0.6 is 27.5 Å². The van der Waals surface area contributed by atoms with Gasteiger partial charge in [0.1, 0.15) is 6.61 Å². The monoisotopic (exact) mass is 656 g/mol. The highest BCUT2D eigenvalue weighted by atomic mass is 79.9. The van der Waals surface area contributed by atoms with Gasteiger partial charge in [0.25, 0.3) is 5.56 Å². The van der Waals surface area contributed by atoms with Crippen LogP contribution in [-0.2, 0) is 12.8 Å². The Labute approximate surface area is 248 Å². The Hall–Kier alpha value is -4.55. The molecule has 0 aliphatic rings. The molecule has 0 saturated heterocycles. The van der Waals surface area contributed by atoms with Gasteiger partial charge < -0.3 is 4.74 Å². The van der Waals surface area contributed by atoms with E-state index in [1.807, 2.05) is 0 Å². The summed E-state index contributed by atoms with van der Waals surface area (Å²) >= 11 is 9.46. The maximum Gasteiger partial charge on any atom is 0.416 e. The quantitative estimate of drug-likeness (QED) is 0.101. The second-order valence-electron chi connectivity index (χ2n) is 8.88. The predicted octanol–water partition coefficient (Wildman–Crippen LogP) is 7.87. The first-order chi connectivity index (χ1) is 20.0. The number of fused-ring (bicyclic) bond motifs is 1. The summed E-state index contributed by atoms with van der Waals surface area (Å²) in [5.74, 6) is -0.194. The fourth-order valence-electron chi connectivity index (χ4n) is 4.09. The van der Waals surface area contributed by atoms with Crippen LogP contribution in [0.4, 0.5) is 18.9 Å². The van der Waals surface area contributed by atoms with Gasteiger partial charge in [-0.1, -0.05) is 54.1 Å². The summed E-state index contributed by atoms with van der Waals surface area (Å²) in [6.07, 6.45) is -3.45. The number of ether oxygens (including phenoxy) is 1. The molecular weight excluding hydrogens is 641 g/mol. The summed E-state index contributed by atoms with van der Waals surface area (Å²) in [6, 6.07) is 20.3. The van der Waals surface area contributed by atoms with Crippen LogP contribution in [0, 0.1) is 10.1 Å². The Morgan fingerprint density at radius 3 is 2.52 bits per heavy atom. The van der Waals surface area contributed by atoms with Crippen LogP contribution in [0.25, 0.3) is 22.3 Å². The van der Waals surface area contributed by atoms with Gasteiger partial charge in [-0.25, -0.2) is 4.98 Å². The van der Waals surface area contributed by atoms with Gasteiger partial charge in [-0.15, -0.1) is 0 Å². The molecule has 4 aromatic carbocycles. The first-order valence-corrected chi connectivity index (χ1v) is 13.3. The molecule has 0 aliphatic carbocycles. The third-order valence-corrected chi connectivity index (χ3v) is 7.05. The van der Waals surface area contributed by atoms with Crippen LogP contribution in [0.15, 0.2) is 99.3 Å². The lowest BCUT2D eigenvalue weighted by molar-refractivity contribution is -0.386. The van der Waals surface area contributed by atoms with Gasteiger partial charge in [0, 0.05) is 27.8 Å². The molecule has 0 saturated carbocycles. The number of hydrogen-bond donors (Lipinski definition) is 0. The Balaban J connectivity index is 1.58. The Kier molecular flexibility index (Phi) is 8.10. The molecule has 0 radical (unpaired) electrons. The van der Waals surface area contributed by atoms with Crippen LogP contribution in [0.1, 0.15) is 16.7 Å². The third kappa shape index (κ3) is 6.04. The van der Waals surface area contributed by atoms with Crippen LogP contribution in [0.5, 0.6) is 5.75 Å². The average molecular weight is 658 g/mol. The lowest BCUT2D eigenvalue weighted by atomic mass is 10.1. The average Bonchev–Trinajstić information content (AvgIpc) is 2.96. The van der Waals surface area contributed by atoms with Gasteiger partial charge in [-0.05, 0) is 52.3 Å². The molecule has 1 aromatic heterocycles. The maximum absolute atomic E-state index is 13.4. The van der Waals surface area contributed by atoms with Crippen molar-refractivity contribution in [3.63, 3.8) is 0 Å². The molecule has 0 bridgehead atoms. The van der Waals surface area contributed by atoms with Crippen molar-refractivity contribution in [2.75, 3.05) is 0 Å². The van der Waals surface area contributed by atoms with Gasteiger partial charge in [-0.3, -0.25) is 14.9 Å². The Morgan fingerprint density at radius 2 is 1.79 bits per heavy atom. The molecule has 0 spiro atoms. The van der Waals surface area contributed by atoms with E-state index < -0.39 is 22.2 Å². The Bertz CT molecular complexity index is 1930. The van der Waals surface area contributed by atoms with Gasteiger partial charge in [0.2, 0.25) is 5.75 Å². The summed E-state index contributed by atoms with van der Waals surface area (Å²) in [6.45, 7) is -0.0367. The second-order valence-corrected chi connectivity index (χ2v) is 10.1. The summed E-state index contributed by atoms with van der Waals surface area (Å²) in [4.78, 5) is 29.1. The lowest BCUT2D eigenvalue weighted by Crippen LogP contribution is -2.20. The summed E-state index contributed by atoms with van der Waals surface area (Å²) in [7, 11) is 0. The zero-order valence-electron chi connectivity index (χ0n) is 21.2. The first-order valence-electron chi connectivity index (χ1n) is 12.1. The minimum atomic E-state index is -4.62. The van der Waals surface area contributed by atoms with E-state index in [1.54, 1.807) is 42.5 Å². The molecule has 1 heterocycles. The highest BCUT2D eigenvalue weighted by molar-refractivity contribution is 9.10. The first kappa shape index (κ1) is 29.0. The number of nitro benzene ring substituents is 1. The molecular formula is C29H17BrClF3N4O4. The van der Waals surface area contributed by atoms with E-state index in [0.717, 1.165) is 16.8 Å². The Morgan fingerprint density at radius 1 is 1.05 bits per heavy atom. The van der Waals surface area contributed by atoms with Crippen LogP contribution < -0.4 is 10.3 Å². The number of halogens is 5. The minimum Gasteiger partial charge on any atom is -0.481 e. The van der Waals surface area contributed by atoms with Gasteiger partial charge in [0.05, 0.1) is 32.1 Å². The van der Waals surface area contributed by atoms with Crippen molar-refractivity contribution in [2.24, 2.45) is 5.10 Å². The van der Waals surface area contributed by atoms with Crippen LogP contribution in [0.2, 0.25) is 5.02 Å². The molecule has 42 heavy (non-hydrogen) atoms. The number of nitrogens with zero attached hydrogens (tertiary/aromatic N) is 4. The molecule has 0 unspecified atom stereocenters. The van der Waals surface area contributed by atoms with E-state index in [0.29, 0.717) is 10.6 Å². The number of alkyl halides is 3. The molecule has 0 fully saturated rings. The van der Waals surface area contributed by atoms with Crippen LogP contribution in [0.3, 0.4) is 0 Å². The highest BCUT2D eigenvalue weighted by Crippen LogP contribution is 2.37. The van der Waals surface area contributed by atoms with Gasteiger partial charge in [-0.2, -0.15) is 22.9 Å². The minimum absolute atomic E-state index is 0.000287. The number of benzene rings is 4. The normalized spacial score (nSPS) is 11.7. The number of rotatable bonds is 7. The molecule has 0 N–H and O–H groups in total. The summed E-state index contributed by atoms with van der Waals surface area (Å²) in [5.41, 5.74) is -0.868. The largest absolute Gasteiger partial charge is 0.481 e. The van der Waals surface area contributed by atoms with Crippen molar-refractivity contribution in [3.8, 4) is 17.1 Å². The maximum atomic E-state index is 13.4. The fraction of sp³-hybridized carbons (Fsp3) is 0.0690. The number of nitro groups is 1. The van der Waals surface area contributed by atoms with Crippen LogP contribution in [-0.4, -0.2) is 20.8 Å². The van der Waals surface area contributed by atoms with Crippen molar-refractivity contribution in [1.82, 2.24) is 9.66 Å². The molecule has 13 heteroatoms. The zero-order valence-corrected chi connectivity index (χ0v) is 23.5. The second kappa shape index (κ2) is 11.7. The standard InChI is InChI=1S/C29H17BrClF3N4O4/c30-22-12-17(13-25(38(40)41)26(22)42-16-19-6-1-3-10-23(19)31)15-35-37-27(18-7-5-8-20(14-18)29(32,33)34)36-24-11-4-2-9-21(24)28(37)39/h1-15H,16H2. The van der Waals surface area contributed by atoms with Gasteiger partial charge >= 0.3 is 11.9 Å². The van der Waals surface area contributed by atoms with Crippen molar-refractivity contribution >= 4 is 50.3 Å². The molecule has 8 nitrogen and oxygen atoms in total. The summed E-state index contributed by atoms with van der Waals surface area (Å²) in [5, 5.41) is 16.7. The van der Waals surface area contributed by atoms with E-state index in [1.165, 1.54) is 36.5 Å². The van der Waals surface area contributed by atoms with E-state index in [2.05, 4.69) is 26.0 Å². The number of aromatic nitrogens is 2. The number of hydrogen-bond acceptors (Lipinski definition) is 6. The topological polar surface area (TPSA) is 99.6 Å².